The zero-order chi connectivity index (χ0) is 13.0. The van der Waals surface area contributed by atoms with E-state index in [0.29, 0.717) is 5.56 Å². The predicted octanol–water partition coefficient (Wildman–Crippen LogP) is 2.54. The van der Waals surface area contributed by atoms with Crippen molar-refractivity contribution in [2.45, 2.75) is 33.0 Å². The summed E-state index contributed by atoms with van der Waals surface area (Å²) in [4.78, 5) is 11.6. The van der Waals surface area contributed by atoms with Gasteiger partial charge in [0, 0.05) is 0 Å². The van der Waals surface area contributed by atoms with E-state index < -0.39 is 12.1 Å². The summed E-state index contributed by atoms with van der Waals surface area (Å²) >= 11 is 0. The Balaban J connectivity index is 2.76. The number of hydrogen-bond donors (Lipinski definition) is 1. The van der Waals surface area contributed by atoms with Crippen molar-refractivity contribution >= 4 is 5.97 Å². The molecule has 1 aromatic rings. The summed E-state index contributed by atoms with van der Waals surface area (Å²) in [5, 5.41) is 9.96. The summed E-state index contributed by atoms with van der Waals surface area (Å²) in [5.41, 5.74) is 1.79. The molecule has 0 saturated heterocycles. The Morgan fingerprint density at radius 3 is 2.29 bits per heavy atom. The minimum Gasteiger partial charge on any atom is -0.460 e. The monoisotopic (exact) mass is 234 g/mol. The number of rotatable bonds is 4. The molecule has 0 heterocycles. The van der Waals surface area contributed by atoms with Gasteiger partial charge in [-0.15, -0.1) is 0 Å². The number of carbonyl (C=O) groups excluding carboxylic acids is 1. The SMILES string of the molecule is C=C(C(=O)OC(C)C)C(O)c1ccc(C)cc1. The molecular weight excluding hydrogens is 216 g/mol. The fraction of sp³-hybridized carbons (Fsp3) is 0.357. The van der Waals surface area contributed by atoms with Gasteiger partial charge in [-0.1, -0.05) is 36.4 Å². The van der Waals surface area contributed by atoms with Gasteiger partial charge in [0.25, 0.3) is 0 Å². The quantitative estimate of drug-likeness (QED) is 0.643. The Bertz CT molecular complexity index is 404. The third-order valence-corrected chi connectivity index (χ3v) is 2.33. The largest absolute Gasteiger partial charge is 0.460 e. The highest BCUT2D eigenvalue weighted by Gasteiger charge is 2.20. The van der Waals surface area contributed by atoms with E-state index in [9.17, 15) is 9.90 Å². The van der Waals surface area contributed by atoms with Gasteiger partial charge in [-0.05, 0) is 26.3 Å². The third-order valence-electron chi connectivity index (χ3n) is 2.33. The molecule has 92 valence electrons. The molecule has 1 rings (SSSR count). The predicted molar refractivity (Wildman–Crippen MR) is 66.5 cm³/mol. The van der Waals surface area contributed by atoms with Crippen LogP contribution in [0.15, 0.2) is 36.4 Å². The maximum absolute atomic E-state index is 11.6. The van der Waals surface area contributed by atoms with Crippen molar-refractivity contribution in [1.82, 2.24) is 0 Å². The van der Waals surface area contributed by atoms with Gasteiger partial charge in [-0.25, -0.2) is 4.79 Å². The van der Waals surface area contributed by atoms with Gasteiger partial charge in [0.05, 0.1) is 11.7 Å². The molecule has 1 atom stereocenters. The summed E-state index contributed by atoms with van der Waals surface area (Å²) in [7, 11) is 0. The molecule has 0 aliphatic heterocycles. The second-order valence-corrected chi connectivity index (χ2v) is 4.29. The third kappa shape index (κ3) is 3.71. The molecule has 3 nitrogen and oxygen atoms in total. The number of benzene rings is 1. The van der Waals surface area contributed by atoms with Crippen molar-refractivity contribution in [1.29, 1.82) is 0 Å². The fourth-order valence-electron chi connectivity index (χ4n) is 1.35. The average Bonchev–Trinajstić information content (AvgIpc) is 2.27. The minimum absolute atomic E-state index is 0.0579. The minimum atomic E-state index is -1.01. The van der Waals surface area contributed by atoms with Gasteiger partial charge in [0.1, 0.15) is 6.10 Å². The Morgan fingerprint density at radius 1 is 1.29 bits per heavy atom. The summed E-state index contributed by atoms with van der Waals surface area (Å²) in [6.45, 7) is 9.05. The van der Waals surface area contributed by atoms with E-state index in [0.717, 1.165) is 5.56 Å². The smallest absolute Gasteiger partial charge is 0.336 e. The number of aliphatic hydroxyl groups is 1. The summed E-state index contributed by atoms with van der Waals surface area (Å²) in [5.74, 6) is -0.562. The van der Waals surface area contributed by atoms with Crippen LogP contribution in [0.5, 0.6) is 0 Å². The number of esters is 1. The fourth-order valence-corrected chi connectivity index (χ4v) is 1.35. The first-order valence-electron chi connectivity index (χ1n) is 5.56. The first kappa shape index (κ1) is 13.5. The maximum atomic E-state index is 11.6. The summed E-state index contributed by atoms with van der Waals surface area (Å²) in [6, 6.07) is 7.29. The van der Waals surface area contributed by atoms with Crippen molar-refractivity contribution in [2.75, 3.05) is 0 Å². The lowest BCUT2D eigenvalue weighted by molar-refractivity contribution is -0.143. The maximum Gasteiger partial charge on any atom is 0.336 e. The molecule has 1 N–H and O–H groups in total. The van der Waals surface area contributed by atoms with Gasteiger partial charge in [0.2, 0.25) is 0 Å². The van der Waals surface area contributed by atoms with Gasteiger partial charge in [0.15, 0.2) is 0 Å². The highest BCUT2D eigenvalue weighted by molar-refractivity contribution is 5.89. The van der Waals surface area contributed by atoms with Crippen LogP contribution in [-0.2, 0) is 9.53 Å². The van der Waals surface area contributed by atoms with Crippen LogP contribution in [0.3, 0.4) is 0 Å². The van der Waals surface area contributed by atoms with Crippen LogP contribution in [0.2, 0.25) is 0 Å². The zero-order valence-corrected chi connectivity index (χ0v) is 10.4. The average molecular weight is 234 g/mol. The molecule has 1 aromatic carbocycles. The zero-order valence-electron chi connectivity index (χ0n) is 10.4. The normalized spacial score (nSPS) is 12.3. The van der Waals surface area contributed by atoms with E-state index in [-0.39, 0.29) is 11.7 Å². The Morgan fingerprint density at radius 2 is 1.82 bits per heavy atom. The molecule has 0 amide bonds. The van der Waals surface area contributed by atoms with Crippen molar-refractivity contribution in [3.63, 3.8) is 0 Å². The number of hydrogen-bond acceptors (Lipinski definition) is 3. The molecule has 17 heavy (non-hydrogen) atoms. The van der Waals surface area contributed by atoms with Crippen molar-refractivity contribution in [3.05, 3.63) is 47.5 Å². The van der Waals surface area contributed by atoms with Crippen LogP contribution < -0.4 is 0 Å². The Kier molecular flexibility index (Phi) is 4.46. The van der Waals surface area contributed by atoms with E-state index in [4.69, 9.17) is 4.74 Å². The standard InChI is InChI=1S/C14H18O3/c1-9(2)17-14(16)11(4)13(15)12-7-5-10(3)6-8-12/h5-9,13,15H,4H2,1-3H3. The van der Waals surface area contributed by atoms with Gasteiger partial charge >= 0.3 is 5.97 Å². The van der Waals surface area contributed by atoms with Crippen LogP contribution in [0.25, 0.3) is 0 Å². The molecule has 0 radical (unpaired) electrons. The van der Waals surface area contributed by atoms with Crippen molar-refractivity contribution < 1.29 is 14.6 Å². The number of aliphatic hydroxyl groups excluding tert-OH is 1. The van der Waals surface area contributed by atoms with Crippen LogP contribution in [0.4, 0.5) is 0 Å². The molecule has 1 unspecified atom stereocenters. The molecule has 0 saturated carbocycles. The number of aryl methyl sites for hydroxylation is 1. The molecule has 0 bridgehead atoms. The lowest BCUT2D eigenvalue weighted by Gasteiger charge is -2.15. The molecule has 0 aliphatic carbocycles. The highest BCUT2D eigenvalue weighted by atomic mass is 16.5. The van der Waals surface area contributed by atoms with E-state index >= 15 is 0 Å². The van der Waals surface area contributed by atoms with E-state index in [1.807, 2.05) is 19.1 Å². The topological polar surface area (TPSA) is 46.5 Å². The second kappa shape index (κ2) is 5.64. The summed E-state index contributed by atoms with van der Waals surface area (Å²) in [6.07, 6.45) is -1.23. The molecular formula is C14H18O3. The molecule has 0 spiro atoms. The van der Waals surface area contributed by atoms with Gasteiger partial charge in [-0.2, -0.15) is 0 Å². The van der Waals surface area contributed by atoms with E-state index in [1.165, 1.54) is 0 Å². The molecule has 0 aromatic heterocycles. The Labute approximate surface area is 102 Å². The van der Waals surface area contributed by atoms with E-state index in [1.54, 1.807) is 26.0 Å². The Hall–Kier alpha value is -1.61. The van der Waals surface area contributed by atoms with Crippen LogP contribution in [0, 0.1) is 6.92 Å². The van der Waals surface area contributed by atoms with Gasteiger partial charge in [-0.3, -0.25) is 0 Å². The first-order valence-corrected chi connectivity index (χ1v) is 5.56. The first-order chi connectivity index (χ1) is 7.91. The van der Waals surface area contributed by atoms with Gasteiger partial charge < -0.3 is 9.84 Å². The second-order valence-electron chi connectivity index (χ2n) is 4.29. The van der Waals surface area contributed by atoms with E-state index in [2.05, 4.69) is 6.58 Å². The number of ether oxygens (including phenoxy) is 1. The lowest BCUT2D eigenvalue weighted by atomic mass is 10.0. The summed E-state index contributed by atoms with van der Waals surface area (Å²) < 4.78 is 4.98. The van der Waals surface area contributed by atoms with Crippen molar-refractivity contribution in [3.8, 4) is 0 Å². The van der Waals surface area contributed by atoms with Crippen LogP contribution in [0.1, 0.15) is 31.1 Å². The van der Waals surface area contributed by atoms with Crippen molar-refractivity contribution in [2.24, 2.45) is 0 Å². The number of carbonyl (C=O) groups is 1. The molecule has 3 heteroatoms. The van der Waals surface area contributed by atoms with Crippen LogP contribution >= 0.6 is 0 Å². The van der Waals surface area contributed by atoms with Crippen LogP contribution in [-0.4, -0.2) is 17.2 Å². The highest BCUT2D eigenvalue weighted by Crippen LogP contribution is 2.21. The lowest BCUT2D eigenvalue weighted by Crippen LogP contribution is -2.17. The molecule has 0 aliphatic rings. The molecule has 0 fully saturated rings.